The Kier molecular flexibility index (Phi) is 5.20. The van der Waals surface area contributed by atoms with Gasteiger partial charge in [0.1, 0.15) is 11.8 Å². The lowest BCUT2D eigenvalue weighted by atomic mass is 9.86. The number of nitrogens with one attached hydrogen (secondary N) is 1. The van der Waals surface area contributed by atoms with E-state index in [1.165, 1.54) is 30.3 Å². The van der Waals surface area contributed by atoms with E-state index in [0.29, 0.717) is 5.56 Å². The molecule has 2 aromatic carbocycles. The Bertz CT molecular complexity index is 1070. The Hall–Kier alpha value is -3.72. The fraction of sp³-hybridized carbons (Fsp3) is 0.273. The van der Waals surface area contributed by atoms with Crippen molar-refractivity contribution in [2.75, 3.05) is 11.5 Å². The summed E-state index contributed by atoms with van der Waals surface area (Å²) in [5.41, 5.74) is 0.849. The molecule has 4 rings (SSSR count). The lowest BCUT2D eigenvalue weighted by Gasteiger charge is -2.22. The third-order valence-electron chi connectivity index (χ3n) is 5.65. The normalized spacial score (nSPS) is 24.9. The number of para-hydroxylation sites is 1. The van der Waals surface area contributed by atoms with Crippen molar-refractivity contribution in [3.63, 3.8) is 0 Å². The van der Waals surface area contributed by atoms with Crippen molar-refractivity contribution in [2.45, 2.75) is 19.0 Å². The molecule has 9 nitrogen and oxygen atoms in total. The standard InChI is InChI=1S/C22H20N2O7/c1-2-31-22(30)11-7-9-12(10-8-11)24-19(26)15-16(20(24)27)18(21(28)29)23-17(15)13-5-3-4-6-14(13)25/h3-10,15-18,23,25H,2H2,1H3,(H,28,29)/t15-,16-,17+,18+/m1/s1. The first-order valence-corrected chi connectivity index (χ1v) is 9.77. The Labute approximate surface area is 177 Å². The number of imide groups is 1. The van der Waals surface area contributed by atoms with Crippen LogP contribution in [0.15, 0.2) is 48.5 Å². The van der Waals surface area contributed by atoms with Gasteiger partial charge >= 0.3 is 11.9 Å². The first-order valence-electron chi connectivity index (χ1n) is 9.77. The Morgan fingerprint density at radius 2 is 1.68 bits per heavy atom. The molecule has 0 unspecified atom stereocenters. The van der Waals surface area contributed by atoms with E-state index in [4.69, 9.17) is 4.74 Å². The smallest absolute Gasteiger partial charge is 0.338 e. The van der Waals surface area contributed by atoms with E-state index in [9.17, 15) is 29.4 Å². The van der Waals surface area contributed by atoms with Crippen LogP contribution in [0, 0.1) is 11.8 Å². The summed E-state index contributed by atoms with van der Waals surface area (Å²) in [6.07, 6.45) is 0. The van der Waals surface area contributed by atoms with E-state index in [-0.39, 0.29) is 23.6 Å². The fourth-order valence-corrected chi connectivity index (χ4v) is 4.29. The van der Waals surface area contributed by atoms with Gasteiger partial charge in [0.2, 0.25) is 11.8 Å². The number of anilines is 1. The Morgan fingerprint density at radius 3 is 2.29 bits per heavy atom. The predicted molar refractivity (Wildman–Crippen MR) is 107 cm³/mol. The monoisotopic (exact) mass is 424 g/mol. The molecular weight excluding hydrogens is 404 g/mol. The van der Waals surface area contributed by atoms with E-state index in [2.05, 4.69) is 5.32 Å². The molecule has 2 aromatic rings. The number of phenolic OH excluding ortho intramolecular Hbond substituents is 1. The molecule has 0 bridgehead atoms. The number of ether oxygens (including phenoxy) is 1. The highest BCUT2D eigenvalue weighted by molar-refractivity contribution is 6.23. The number of carbonyl (C=O) groups excluding carboxylic acids is 3. The number of carbonyl (C=O) groups is 4. The maximum absolute atomic E-state index is 13.3. The van der Waals surface area contributed by atoms with Gasteiger partial charge in [-0.1, -0.05) is 18.2 Å². The number of nitrogens with zero attached hydrogens (tertiary/aromatic N) is 1. The SMILES string of the molecule is CCOC(=O)c1ccc(N2C(=O)[C@@H]3[C@@H](C2=O)[C@H](c2ccccc2O)N[C@@H]3C(=O)O)cc1. The lowest BCUT2D eigenvalue weighted by Crippen LogP contribution is -2.43. The number of carboxylic acids is 1. The summed E-state index contributed by atoms with van der Waals surface area (Å²) in [7, 11) is 0. The summed E-state index contributed by atoms with van der Waals surface area (Å²) in [4.78, 5) is 51.0. The molecule has 0 aromatic heterocycles. The first kappa shape index (κ1) is 20.5. The molecule has 0 spiro atoms. The van der Waals surface area contributed by atoms with Crippen LogP contribution in [0.4, 0.5) is 5.69 Å². The van der Waals surface area contributed by atoms with Crippen molar-refractivity contribution in [2.24, 2.45) is 11.8 Å². The van der Waals surface area contributed by atoms with Gasteiger partial charge in [-0.3, -0.25) is 19.7 Å². The minimum atomic E-state index is -1.28. The molecule has 31 heavy (non-hydrogen) atoms. The van der Waals surface area contributed by atoms with E-state index < -0.39 is 47.7 Å². The maximum atomic E-state index is 13.3. The second-order valence-electron chi connectivity index (χ2n) is 7.35. The molecule has 2 amide bonds. The second kappa shape index (κ2) is 7.84. The van der Waals surface area contributed by atoms with Crippen LogP contribution in [-0.4, -0.2) is 46.6 Å². The van der Waals surface area contributed by atoms with Crippen LogP contribution in [0.3, 0.4) is 0 Å². The average molecular weight is 424 g/mol. The van der Waals surface area contributed by atoms with Crippen molar-refractivity contribution in [1.29, 1.82) is 0 Å². The summed E-state index contributed by atoms with van der Waals surface area (Å²) >= 11 is 0. The number of aromatic hydroxyl groups is 1. The molecule has 9 heteroatoms. The van der Waals surface area contributed by atoms with Gasteiger partial charge in [-0.15, -0.1) is 0 Å². The van der Waals surface area contributed by atoms with E-state index in [0.717, 1.165) is 4.90 Å². The first-order chi connectivity index (χ1) is 14.8. The van der Waals surface area contributed by atoms with Crippen LogP contribution in [0.2, 0.25) is 0 Å². The summed E-state index contributed by atoms with van der Waals surface area (Å²) < 4.78 is 4.93. The van der Waals surface area contributed by atoms with E-state index in [1.807, 2.05) is 0 Å². The van der Waals surface area contributed by atoms with Crippen LogP contribution in [-0.2, 0) is 19.1 Å². The zero-order chi connectivity index (χ0) is 22.3. The number of aliphatic carboxylic acids is 1. The zero-order valence-corrected chi connectivity index (χ0v) is 16.5. The molecule has 2 aliphatic heterocycles. The van der Waals surface area contributed by atoms with Crippen molar-refractivity contribution < 1.29 is 34.1 Å². The molecule has 0 saturated carbocycles. The van der Waals surface area contributed by atoms with Crippen LogP contribution >= 0.6 is 0 Å². The number of hydrogen-bond acceptors (Lipinski definition) is 7. The number of carboxylic acid groups (broad SMARTS) is 1. The van der Waals surface area contributed by atoms with Crippen molar-refractivity contribution in [3.8, 4) is 5.75 Å². The molecule has 2 aliphatic rings. The van der Waals surface area contributed by atoms with Crippen LogP contribution < -0.4 is 10.2 Å². The zero-order valence-electron chi connectivity index (χ0n) is 16.5. The van der Waals surface area contributed by atoms with Crippen molar-refractivity contribution in [1.82, 2.24) is 5.32 Å². The number of rotatable bonds is 5. The van der Waals surface area contributed by atoms with Crippen molar-refractivity contribution >= 4 is 29.4 Å². The van der Waals surface area contributed by atoms with Gasteiger partial charge < -0.3 is 14.9 Å². The van der Waals surface area contributed by atoms with Gasteiger partial charge in [-0.25, -0.2) is 9.69 Å². The largest absolute Gasteiger partial charge is 0.508 e. The minimum Gasteiger partial charge on any atom is -0.508 e. The summed E-state index contributed by atoms with van der Waals surface area (Å²) in [5, 5.41) is 22.7. The Balaban J connectivity index is 1.70. The number of benzene rings is 2. The highest BCUT2D eigenvalue weighted by Crippen LogP contribution is 2.46. The van der Waals surface area contributed by atoms with Crippen LogP contribution in [0.25, 0.3) is 0 Å². The summed E-state index contributed by atoms with van der Waals surface area (Å²) in [5.74, 6) is -5.21. The topological polar surface area (TPSA) is 133 Å². The Morgan fingerprint density at radius 1 is 1.03 bits per heavy atom. The van der Waals surface area contributed by atoms with Gasteiger partial charge in [0.25, 0.3) is 0 Å². The van der Waals surface area contributed by atoms with Crippen LogP contribution in [0.5, 0.6) is 5.75 Å². The predicted octanol–water partition coefficient (Wildman–Crippen LogP) is 1.47. The van der Waals surface area contributed by atoms with Gasteiger partial charge in [0.05, 0.1) is 29.7 Å². The molecule has 3 N–H and O–H groups in total. The lowest BCUT2D eigenvalue weighted by molar-refractivity contribution is -0.142. The minimum absolute atomic E-state index is 0.0951. The van der Waals surface area contributed by atoms with Crippen LogP contribution in [0.1, 0.15) is 28.9 Å². The molecule has 160 valence electrons. The average Bonchev–Trinajstić information content (AvgIpc) is 3.26. The second-order valence-corrected chi connectivity index (χ2v) is 7.35. The third-order valence-corrected chi connectivity index (χ3v) is 5.65. The fourth-order valence-electron chi connectivity index (χ4n) is 4.29. The van der Waals surface area contributed by atoms with Gasteiger partial charge in [0, 0.05) is 11.6 Å². The van der Waals surface area contributed by atoms with Crippen molar-refractivity contribution in [3.05, 3.63) is 59.7 Å². The number of fused-ring (bicyclic) bond motifs is 1. The highest BCUT2D eigenvalue weighted by atomic mass is 16.5. The molecule has 2 fully saturated rings. The molecule has 2 saturated heterocycles. The van der Waals surface area contributed by atoms with Gasteiger partial charge in [0.15, 0.2) is 0 Å². The van der Waals surface area contributed by atoms with E-state index >= 15 is 0 Å². The van der Waals surface area contributed by atoms with Gasteiger partial charge in [-0.2, -0.15) is 0 Å². The quantitative estimate of drug-likeness (QED) is 0.485. The third kappa shape index (κ3) is 3.32. The molecule has 0 aliphatic carbocycles. The number of amides is 2. The van der Waals surface area contributed by atoms with Gasteiger partial charge in [-0.05, 0) is 37.3 Å². The van der Waals surface area contributed by atoms with E-state index in [1.54, 1.807) is 25.1 Å². The maximum Gasteiger partial charge on any atom is 0.338 e. The number of hydrogen-bond donors (Lipinski definition) is 3. The molecule has 2 heterocycles. The number of phenols is 1. The summed E-state index contributed by atoms with van der Waals surface area (Å²) in [6, 6.07) is 9.94. The number of esters is 1. The highest BCUT2D eigenvalue weighted by Gasteiger charge is 2.61. The summed E-state index contributed by atoms with van der Waals surface area (Å²) in [6.45, 7) is 1.89. The molecule has 0 radical (unpaired) electrons. The molecular formula is C22H20N2O7. The molecule has 4 atom stereocenters.